The molecule has 0 saturated heterocycles. The zero-order valence-electron chi connectivity index (χ0n) is 11.0. The summed E-state index contributed by atoms with van der Waals surface area (Å²) < 4.78 is 38.9. The van der Waals surface area contributed by atoms with E-state index >= 15 is 0 Å². The van der Waals surface area contributed by atoms with Gasteiger partial charge >= 0.3 is 6.18 Å². The summed E-state index contributed by atoms with van der Waals surface area (Å²) in [6.45, 7) is 0.0272. The molecule has 1 saturated carbocycles. The van der Waals surface area contributed by atoms with Crippen molar-refractivity contribution < 1.29 is 18.0 Å². The standard InChI is InChI=1S/C14H17F3N2O/c15-14(16,17)11-6-10(8-18)4-5-12(11)19-13(20)7-9-2-1-3-9/h4-6,9H,1-3,7-8,18H2,(H,19,20). The van der Waals surface area contributed by atoms with Crippen LogP contribution in [0.5, 0.6) is 0 Å². The largest absolute Gasteiger partial charge is 0.418 e. The number of halogens is 3. The highest BCUT2D eigenvalue weighted by atomic mass is 19.4. The van der Waals surface area contributed by atoms with Gasteiger partial charge in [-0.1, -0.05) is 12.5 Å². The zero-order valence-corrected chi connectivity index (χ0v) is 11.0. The molecule has 3 nitrogen and oxygen atoms in total. The minimum atomic E-state index is -4.51. The van der Waals surface area contributed by atoms with Crippen LogP contribution in [0.15, 0.2) is 18.2 Å². The molecule has 6 heteroatoms. The second-order valence-electron chi connectivity index (χ2n) is 5.13. The number of hydrogen-bond acceptors (Lipinski definition) is 2. The first-order valence-electron chi connectivity index (χ1n) is 6.60. The fourth-order valence-electron chi connectivity index (χ4n) is 2.22. The van der Waals surface area contributed by atoms with E-state index in [-0.39, 0.29) is 24.6 Å². The molecule has 2 rings (SSSR count). The van der Waals surface area contributed by atoms with Gasteiger partial charge in [0.2, 0.25) is 5.91 Å². The normalized spacial score (nSPS) is 15.8. The minimum Gasteiger partial charge on any atom is -0.326 e. The van der Waals surface area contributed by atoms with E-state index in [9.17, 15) is 18.0 Å². The topological polar surface area (TPSA) is 55.1 Å². The third kappa shape index (κ3) is 3.50. The highest BCUT2D eigenvalue weighted by Crippen LogP contribution is 2.36. The van der Waals surface area contributed by atoms with Gasteiger partial charge in [-0.2, -0.15) is 13.2 Å². The van der Waals surface area contributed by atoms with Crippen molar-refractivity contribution in [1.82, 2.24) is 0 Å². The molecule has 1 amide bonds. The first-order valence-corrected chi connectivity index (χ1v) is 6.60. The summed E-state index contributed by atoms with van der Waals surface area (Å²) in [6.07, 6.45) is -1.17. The Kier molecular flexibility index (Phi) is 4.32. The fraction of sp³-hybridized carbons (Fsp3) is 0.500. The van der Waals surface area contributed by atoms with Gasteiger partial charge in [0.15, 0.2) is 0 Å². The third-order valence-corrected chi connectivity index (χ3v) is 3.60. The number of alkyl halides is 3. The molecule has 1 aliphatic rings. The molecular weight excluding hydrogens is 269 g/mol. The number of carbonyl (C=O) groups excluding carboxylic acids is 1. The molecule has 3 N–H and O–H groups in total. The van der Waals surface area contributed by atoms with Gasteiger partial charge in [-0.25, -0.2) is 0 Å². The number of carbonyl (C=O) groups is 1. The molecule has 1 aromatic rings. The van der Waals surface area contributed by atoms with Gasteiger partial charge in [-0.3, -0.25) is 4.79 Å². The van der Waals surface area contributed by atoms with E-state index in [1.165, 1.54) is 12.1 Å². The van der Waals surface area contributed by atoms with E-state index in [1.54, 1.807) is 0 Å². The Morgan fingerprint density at radius 2 is 2.05 bits per heavy atom. The van der Waals surface area contributed by atoms with Crippen molar-refractivity contribution >= 4 is 11.6 Å². The summed E-state index contributed by atoms with van der Waals surface area (Å²) >= 11 is 0. The van der Waals surface area contributed by atoms with Crippen LogP contribution < -0.4 is 11.1 Å². The molecule has 0 bridgehead atoms. The summed E-state index contributed by atoms with van der Waals surface area (Å²) in [7, 11) is 0. The van der Waals surface area contributed by atoms with Gasteiger partial charge in [-0.05, 0) is 36.5 Å². The van der Waals surface area contributed by atoms with Gasteiger partial charge in [0.1, 0.15) is 0 Å². The number of nitrogens with one attached hydrogen (secondary N) is 1. The molecule has 110 valence electrons. The van der Waals surface area contributed by atoms with E-state index in [4.69, 9.17) is 5.73 Å². The van der Waals surface area contributed by atoms with Crippen LogP contribution in [-0.4, -0.2) is 5.91 Å². The zero-order chi connectivity index (χ0) is 14.8. The lowest BCUT2D eigenvalue weighted by molar-refractivity contribution is -0.137. The number of anilines is 1. The molecule has 1 fully saturated rings. The smallest absolute Gasteiger partial charge is 0.326 e. The quantitative estimate of drug-likeness (QED) is 0.892. The highest BCUT2D eigenvalue weighted by molar-refractivity contribution is 5.91. The van der Waals surface area contributed by atoms with E-state index in [1.807, 2.05) is 0 Å². The maximum Gasteiger partial charge on any atom is 0.418 e. The van der Waals surface area contributed by atoms with E-state index < -0.39 is 11.7 Å². The van der Waals surface area contributed by atoms with Crippen LogP contribution in [0.25, 0.3) is 0 Å². The van der Waals surface area contributed by atoms with Crippen molar-refractivity contribution in [2.75, 3.05) is 5.32 Å². The Hall–Kier alpha value is -1.56. The van der Waals surface area contributed by atoms with E-state index in [2.05, 4.69) is 5.32 Å². The third-order valence-electron chi connectivity index (χ3n) is 3.60. The summed E-state index contributed by atoms with van der Waals surface area (Å²) in [4.78, 5) is 11.7. The number of rotatable bonds is 4. The van der Waals surface area contributed by atoms with Gasteiger partial charge in [-0.15, -0.1) is 0 Å². The number of nitrogens with two attached hydrogens (primary N) is 1. The Morgan fingerprint density at radius 1 is 1.35 bits per heavy atom. The maximum absolute atomic E-state index is 13.0. The van der Waals surface area contributed by atoms with Crippen molar-refractivity contribution in [2.45, 2.75) is 38.4 Å². The SMILES string of the molecule is NCc1ccc(NC(=O)CC2CCC2)c(C(F)(F)F)c1. The van der Waals surface area contributed by atoms with Crippen molar-refractivity contribution in [3.8, 4) is 0 Å². The summed E-state index contributed by atoms with van der Waals surface area (Å²) in [5.41, 5.74) is 4.69. The van der Waals surface area contributed by atoms with Gasteiger partial charge < -0.3 is 11.1 Å². The molecule has 0 radical (unpaired) electrons. The lowest BCUT2D eigenvalue weighted by Gasteiger charge is -2.24. The van der Waals surface area contributed by atoms with E-state index in [0.29, 0.717) is 11.5 Å². The molecule has 0 aromatic heterocycles. The van der Waals surface area contributed by atoms with Crippen molar-refractivity contribution in [1.29, 1.82) is 0 Å². The van der Waals surface area contributed by atoms with Crippen LogP contribution in [0.1, 0.15) is 36.8 Å². The number of benzene rings is 1. The second-order valence-corrected chi connectivity index (χ2v) is 5.13. The Bertz CT molecular complexity index is 496. The number of hydrogen-bond donors (Lipinski definition) is 2. The monoisotopic (exact) mass is 286 g/mol. The molecule has 1 aliphatic carbocycles. The van der Waals surface area contributed by atoms with Gasteiger partial charge in [0, 0.05) is 13.0 Å². The van der Waals surface area contributed by atoms with Crippen LogP contribution >= 0.6 is 0 Å². The molecule has 0 heterocycles. The lowest BCUT2D eigenvalue weighted by Crippen LogP contribution is -2.22. The second kappa shape index (κ2) is 5.83. The molecule has 0 spiro atoms. The predicted molar refractivity (Wildman–Crippen MR) is 69.9 cm³/mol. The van der Waals surface area contributed by atoms with Gasteiger partial charge in [0.25, 0.3) is 0 Å². The summed E-state index contributed by atoms with van der Waals surface area (Å²) in [5.74, 6) is -0.0478. The average Bonchev–Trinajstić information content (AvgIpc) is 2.33. The van der Waals surface area contributed by atoms with Crippen LogP contribution in [0.4, 0.5) is 18.9 Å². The Morgan fingerprint density at radius 3 is 2.55 bits per heavy atom. The van der Waals surface area contributed by atoms with Crippen molar-refractivity contribution in [3.05, 3.63) is 29.3 Å². The maximum atomic E-state index is 13.0. The van der Waals surface area contributed by atoms with Crippen LogP contribution in [0.3, 0.4) is 0 Å². The average molecular weight is 286 g/mol. The lowest BCUT2D eigenvalue weighted by atomic mass is 9.83. The highest BCUT2D eigenvalue weighted by Gasteiger charge is 2.34. The fourth-order valence-corrected chi connectivity index (χ4v) is 2.22. The molecule has 0 atom stereocenters. The summed E-state index contributed by atoms with van der Waals surface area (Å²) in [6, 6.07) is 3.75. The van der Waals surface area contributed by atoms with Crippen molar-refractivity contribution in [3.63, 3.8) is 0 Å². The van der Waals surface area contributed by atoms with Crippen molar-refractivity contribution in [2.24, 2.45) is 11.7 Å². The molecule has 0 aliphatic heterocycles. The van der Waals surface area contributed by atoms with Crippen LogP contribution in [0.2, 0.25) is 0 Å². The predicted octanol–water partition coefficient (Wildman–Crippen LogP) is 3.29. The minimum absolute atomic E-state index is 0.0272. The first kappa shape index (κ1) is 14.8. The molecule has 1 aromatic carbocycles. The molecular formula is C14H17F3N2O. The molecule has 20 heavy (non-hydrogen) atoms. The first-order chi connectivity index (χ1) is 9.40. The Labute approximate surface area is 115 Å². The van der Waals surface area contributed by atoms with E-state index in [0.717, 1.165) is 25.3 Å². The Balaban J connectivity index is 2.15. The van der Waals surface area contributed by atoms with Crippen LogP contribution in [-0.2, 0) is 17.5 Å². The summed E-state index contributed by atoms with van der Waals surface area (Å²) in [5, 5.41) is 2.37. The number of amides is 1. The van der Waals surface area contributed by atoms with Crippen LogP contribution in [0, 0.1) is 5.92 Å². The molecule has 0 unspecified atom stereocenters. The van der Waals surface area contributed by atoms with Gasteiger partial charge in [0.05, 0.1) is 11.3 Å².